The van der Waals surface area contributed by atoms with Crippen LogP contribution in [0.5, 0.6) is 0 Å². The second-order valence-corrected chi connectivity index (χ2v) is 6.54. The molecule has 1 atom stereocenters. The van der Waals surface area contributed by atoms with Crippen molar-refractivity contribution in [2.75, 3.05) is 38.2 Å². The highest BCUT2D eigenvalue weighted by atomic mass is 16.5. The Labute approximate surface area is 157 Å². The van der Waals surface area contributed by atoms with Crippen LogP contribution < -0.4 is 16.0 Å². The van der Waals surface area contributed by atoms with E-state index >= 15 is 0 Å². The number of carbonyl (C=O) groups is 1. The Morgan fingerprint density at radius 2 is 2.04 bits per heavy atom. The zero-order valence-electron chi connectivity index (χ0n) is 14.9. The van der Waals surface area contributed by atoms with Crippen LogP contribution in [0.25, 0.3) is 22.6 Å². The van der Waals surface area contributed by atoms with Gasteiger partial charge in [-0.15, -0.1) is 0 Å². The molecular weight excluding hydrogens is 344 g/mol. The maximum absolute atomic E-state index is 12.1. The van der Waals surface area contributed by atoms with Gasteiger partial charge in [0.1, 0.15) is 5.52 Å². The van der Waals surface area contributed by atoms with E-state index in [-0.39, 0.29) is 11.9 Å². The van der Waals surface area contributed by atoms with Gasteiger partial charge in [-0.05, 0) is 36.4 Å². The number of carbonyl (C=O) groups excluding carboxylic acids is 1. The van der Waals surface area contributed by atoms with Crippen molar-refractivity contribution in [1.29, 1.82) is 0 Å². The summed E-state index contributed by atoms with van der Waals surface area (Å²) < 4.78 is 11.2. The van der Waals surface area contributed by atoms with Gasteiger partial charge in [-0.25, -0.2) is 9.78 Å². The molecule has 0 bridgehead atoms. The molecule has 1 aromatic heterocycles. The van der Waals surface area contributed by atoms with Crippen LogP contribution in [-0.2, 0) is 4.74 Å². The van der Waals surface area contributed by atoms with Crippen molar-refractivity contribution in [3.05, 3.63) is 48.5 Å². The second kappa shape index (κ2) is 8.20. The summed E-state index contributed by atoms with van der Waals surface area (Å²) in [7, 11) is 0. The molecule has 2 heterocycles. The number of urea groups is 1. The highest BCUT2D eigenvalue weighted by Gasteiger charge is 2.13. The fourth-order valence-corrected chi connectivity index (χ4v) is 2.99. The summed E-state index contributed by atoms with van der Waals surface area (Å²) in [5.41, 5.74) is 3.15. The number of rotatable bonds is 4. The van der Waals surface area contributed by atoms with Gasteiger partial charge in [-0.1, -0.05) is 12.1 Å². The molecule has 3 N–H and O–H groups in total. The lowest BCUT2D eigenvalue weighted by atomic mass is 10.1. The van der Waals surface area contributed by atoms with Crippen molar-refractivity contribution in [2.24, 2.45) is 5.92 Å². The van der Waals surface area contributed by atoms with Gasteiger partial charge in [0.2, 0.25) is 5.89 Å². The summed E-state index contributed by atoms with van der Waals surface area (Å²) in [5.74, 6) is 0.841. The maximum atomic E-state index is 12.1. The number of ether oxygens (including phenoxy) is 1. The highest BCUT2D eigenvalue weighted by molar-refractivity contribution is 5.89. The van der Waals surface area contributed by atoms with Gasteiger partial charge in [-0.3, -0.25) is 0 Å². The Bertz CT molecular complexity index is 866. The first-order valence-electron chi connectivity index (χ1n) is 9.07. The summed E-state index contributed by atoms with van der Waals surface area (Å²) in [4.78, 5) is 16.6. The van der Waals surface area contributed by atoms with Gasteiger partial charge in [0.25, 0.3) is 0 Å². The Balaban J connectivity index is 1.33. The van der Waals surface area contributed by atoms with Crippen LogP contribution in [-0.4, -0.2) is 43.9 Å². The molecule has 3 aromatic rings. The molecule has 7 nitrogen and oxygen atoms in total. The summed E-state index contributed by atoms with van der Waals surface area (Å²) >= 11 is 0. The van der Waals surface area contributed by atoms with Crippen molar-refractivity contribution < 1.29 is 13.9 Å². The molecule has 140 valence electrons. The van der Waals surface area contributed by atoms with Gasteiger partial charge in [0.05, 0.1) is 13.2 Å². The first-order chi connectivity index (χ1) is 13.3. The average molecular weight is 366 g/mol. The average Bonchev–Trinajstić information content (AvgIpc) is 2.95. The lowest BCUT2D eigenvalue weighted by molar-refractivity contribution is 0.123. The van der Waals surface area contributed by atoms with Crippen molar-refractivity contribution in [1.82, 2.24) is 15.6 Å². The predicted octanol–water partition coefficient (Wildman–Crippen LogP) is 2.85. The Hall–Kier alpha value is -2.90. The van der Waals surface area contributed by atoms with E-state index in [2.05, 4.69) is 20.9 Å². The third-order valence-electron chi connectivity index (χ3n) is 4.44. The minimum absolute atomic E-state index is 0.228. The molecule has 27 heavy (non-hydrogen) atoms. The molecule has 4 rings (SSSR count). The van der Waals surface area contributed by atoms with E-state index in [1.54, 1.807) is 0 Å². The van der Waals surface area contributed by atoms with Gasteiger partial charge in [0, 0.05) is 36.8 Å². The molecule has 0 aliphatic carbocycles. The Morgan fingerprint density at radius 1 is 1.19 bits per heavy atom. The number of aromatic nitrogens is 1. The van der Waals surface area contributed by atoms with E-state index < -0.39 is 0 Å². The van der Waals surface area contributed by atoms with E-state index in [0.29, 0.717) is 24.7 Å². The molecule has 0 radical (unpaired) electrons. The van der Waals surface area contributed by atoms with Crippen LogP contribution in [0.2, 0.25) is 0 Å². The summed E-state index contributed by atoms with van der Waals surface area (Å²) in [5, 5.41) is 9.02. The molecule has 1 saturated heterocycles. The van der Waals surface area contributed by atoms with E-state index in [1.807, 2.05) is 48.5 Å². The summed E-state index contributed by atoms with van der Waals surface area (Å²) in [6.07, 6.45) is 0. The quantitative estimate of drug-likeness (QED) is 0.661. The van der Waals surface area contributed by atoms with Gasteiger partial charge in [0.15, 0.2) is 5.58 Å². The minimum atomic E-state index is -0.228. The molecule has 0 saturated carbocycles. The van der Waals surface area contributed by atoms with E-state index in [9.17, 15) is 4.79 Å². The Kier molecular flexibility index (Phi) is 5.32. The summed E-state index contributed by atoms with van der Waals surface area (Å²) in [6, 6.07) is 14.8. The third-order valence-corrected chi connectivity index (χ3v) is 4.44. The van der Waals surface area contributed by atoms with Gasteiger partial charge >= 0.3 is 6.03 Å². The van der Waals surface area contributed by atoms with Crippen LogP contribution in [0, 0.1) is 5.92 Å². The topological polar surface area (TPSA) is 88.4 Å². The Morgan fingerprint density at radius 3 is 2.89 bits per heavy atom. The smallest absolute Gasteiger partial charge is 0.319 e. The number of amides is 2. The lowest BCUT2D eigenvalue weighted by Crippen LogP contribution is -2.37. The van der Waals surface area contributed by atoms with Crippen LogP contribution in [0.4, 0.5) is 10.5 Å². The molecule has 1 unspecified atom stereocenters. The number of benzene rings is 2. The van der Waals surface area contributed by atoms with Crippen molar-refractivity contribution in [2.45, 2.75) is 0 Å². The molecule has 1 aliphatic heterocycles. The van der Waals surface area contributed by atoms with Crippen molar-refractivity contribution >= 4 is 22.8 Å². The molecule has 2 aromatic carbocycles. The molecule has 2 amide bonds. The second-order valence-electron chi connectivity index (χ2n) is 6.54. The van der Waals surface area contributed by atoms with Gasteiger partial charge in [-0.2, -0.15) is 0 Å². The first-order valence-corrected chi connectivity index (χ1v) is 9.07. The minimum Gasteiger partial charge on any atom is -0.436 e. The van der Waals surface area contributed by atoms with Gasteiger partial charge < -0.3 is 25.1 Å². The number of hydrogen-bond acceptors (Lipinski definition) is 5. The van der Waals surface area contributed by atoms with E-state index in [0.717, 1.165) is 36.4 Å². The molecule has 7 heteroatoms. The number of fused-ring (bicyclic) bond motifs is 1. The standard InChI is InChI=1S/C20H22N4O3/c25-20(22-12-14-11-21-9-10-26-13-14)23-16-7-5-15(6-8-16)19-24-17-3-1-2-4-18(17)27-19/h1-8,14,21H,9-13H2,(H2,22,23,25). The zero-order valence-corrected chi connectivity index (χ0v) is 14.9. The normalized spacial score (nSPS) is 17.4. The van der Waals surface area contributed by atoms with Crippen molar-refractivity contribution in [3.8, 4) is 11.5 Å². The van der Waals surface area contributed by atoms with Crippen LogP contribution >= 0.6 is 0 Å². The fraction of sp³-hybridized carbons (Fsp3) is 0.300. The highest BCUT2D eigenvalue weighted by Crippen LogP contribution is 2.25. The lowest BCUT2D eigenvalue weighted by Gasteiger charge is -2.15. The summed E-state index contributed by atoms with van der Waals surface area (Å²) in [6.45, 7) is 3.65. The van der Waals surface area contributed by atoms with Crippen molar-refractivity contribution in [3.63, 3.8) is 0 Å². The number of para-hydroxylation sites is 2. The van der Waals surface area contributed by atoms with Crippen LogP contribution in [0.3, 0.4) is 0 Å². The zero-order chi connectivity index (χ0) is 18.5. The van der Waals surface area contributed by atoms with Crippen LogP contribution in [0.15, 0.2) is 52.9 Å². The van der Waals surface area contributed by atoms with Crippen LogP contribution in [0.1, 0.15) is 0 Å². The number of nitrogens with zero attached hydrogens (tertiary/aromatic N) is 1. The third kappa shape index (κ3) is 4.45. The maximum Gasteiger partial charge on any atom is 0.319 e. The molecule has 0 spiro atoms. The number of nitrogens with one attached hydrogen (secondary N) is 3. The molecule has 1 fully saturated rings. The van der Waals surface area contributed by atoms with E-state index in [4.69, 9.17) is 9.15 Å². The number of oxazole rings is 1. The monoisotopic (exact) mass is 366 g/mol. The predicted molar refractivity (Wildman–Crippen MR) is 104 cm³/mol. The fourth-order valence-electron chi connectivity index (χ4n) is 2.99. The first kappa shape index (κ1) is 17.5. The molecular formula is C20H22N4O3. The largest absolute Gasteiger partial charge is 0.436 e. The number of anilines is 1. The SMILES string of the molecule is O=C(NCC1CNCCOC1)Nc1ccc(-c2nc3ccccc3o2)cc1. The number of hydrogen-bond donors (Lipinski definition) is 3. The molecule has 1 aliphatic rings. The van der Waals surface area contributed by atoms with E-state index in [1.165, 1.54) is 0 Å².